The van der Waals surface area contributed by atoms with Crippen molar-refractivity contribution >= 4 is 5.97 Å². The molecule has 0 bridgehead atoms. The Bertz CT molecular complexity index is 251. The van der Waals surface area contributed by atoms with Crippen LogP contribution in [0, 0.1) is 0 Å². The molecule has 0 N–H and O–H groups in total. The van der Waals surface area contributed by atoms with Crippen molar-refractivity contribution in [3.05, 3.63) is 36.2 Å². The van der Waals surface area contributed by atoms with Crippen molar-refractivity contribution in [3.63, 3.8) is 0 Å². The average Bonchev–Trinajstić information content (AvgIpc) is 2.02. The molecule has 0 fully saturated rings. The number of esters is 1. The van der Waals surface area contributed by atoms with Crippen molar-refractivity contribution in [3.8, 4) is 0 Å². The average molecular weight is 170 g/mol. The van der Waals surface area contributed by atoms with Gasteiger partial charge in [0.1, 0.15) is 5.83 Å². The topological polar surface area (TPSA) is 26.3 Å². The lowest BCUT2D eigenvalue weighted by molar-refractivity contribution is -0.135. The van der Waals surface area contributed by atoms with Gasteiger partial charge in [-0.1, -0.05) is 13.2 Å². The van der Waals surface area contributed by atoms with E-state index in [0.29, 0.717) is 0 Å². The molecule has 2 nitrogen and oxygen atoms in total. The largest absolute Gasteiger partial charge is 0.465 e. The summed E-state index contributed by atoms with van der Waals surface area (Å²) in [6, 6.07) is 0. The van der Waals surface area contributed by atoms with Crippen LogP contribution in [-0.2, 0) is 9.53 Å². The highest BCUT2D eigenvalue weighted by Gasteiger charge is 2.05. The second-order valence-corrected chi connectivity index (χ2v) is 2.29. The number of rotatable bonds is 3. The number of methoxy groups -OCH3 is 1. The maximum Gasteiger partial charge on any atom is 0.337 e. The van der Waals surface area contributed by atoms with E-state index in [1.807, 2.05) is 0 Å². The Balaban J connectivity index is 4.44. The number of hydrogen-bond donors (Lipinski definition) is 0. The Morgan fingerprint density at radius 3 is 2.33 bits per heavy atom. The standard InChI is InChI=1S/C9H11FO2/c1-6(2)8(10)5-7(3)9(11)12-4/h5H,1,3H2,2,4H3/b8-5+. The van der Waals surface area contributed by atoms with E-state index >= 15 is 0 Å². The molecule has 0 aromatic carbocycles. The first-order chi connectivity index (χ1) is 5.49. The van der Waals surface area contributed by atoms with Gasteiger partial charge < -0.3 is 4.74 Å². The van der Waals surface area contributed by atoms with Crippen LogP contribution < -0.4 is 0 Å². The zero-order valence-electron chi connectivity index (χ0n) is 7.19. The minimum Gasteiger partial charge on any atom is -0.465 e. The van der Waals surface area contributed by atoms with Crippen LogP contribution in [0.25, 0.3) is 0 Å². The molecule has 0 heterocycles. The lowest BCUT2D eigenvalue weighted by Crippen LogP contribution is -2.01. The number of carbonyl (C=O) groups is 1. The highest BCUT2D eigenvalue weighted by atomic mass is 19.1. The van der Waals surface area contributed by atoms with Crippen LogP contribution in [0.4, 0.5) is 4.39 Å². The highest BCUT2D eigenvalue weighted by molar-refractivity contribution is 5.90. The summed E-state index contributed by atoms with van der Waals surface area (Å²) in [5.41, 5.74) is 0.220. The summed E-state index contributed by atoms with van der Waals surface area (Å²) in [5, 5.41) is 0. The molecule has 0 unspecified atom stereocenters. The van der Waals surface area contributed by atoms with E-state index in [9.17, 15) is 9.18 Å². The van der Waals surface area contributed by atoms with Crippen molar-refractivity contribution in [1.82, 2.24) is 0 Å². The van der Waals surface area contributed by atoms with Gasteiger partial charge in [0.2, 0.25) is 0 Å². The molecule has 0 saturated heterocycles. The van der Waals surface area contributed by atoms with Gasteiger partial charge in [-0.3, -0.25) is 0 Å². The van der Waals surface area contributed by atoms with Crippen LogP contribution in [0.2, 0.25) is 0 Å². The number of allylic oxidation sites excluding steroid dienone is 2. The third-order valence-corrected chi connectivity index (χ3v) is 1.16. The third kappa shape index (κ3) is 3.14. The molecule has 0 aromatic rings. The van der Waals surface area contributed by atoms with E-state index in [2.05, 4.69) is 17.9 Å². The summed E-state index contributed by atoms with van der Waals surface area (Å²) in [5.74, 6) is -1.21. The van der Waals surface area contributed by atoms with E-state index < -0.39 is 11.8 Å². The summed E-state index contributed by atoms with van der Waals surface area (Å²) in [4.78, 5) is 10.7. The van der Waals surface area contributed by atoms with Crippen LogP contribution in [0.3, 0.4) is 0 Å². The smallest absolute Gasteiger partial charge is 0.337 e. The number of halogens is 1. The molecular weight excluding hydrogens is 159 g/mol. The first-order valence-electron chi connectivity index (χ1n) is 3.29. The van der Waals surface area contributed by atoms with Gasteiger partial charge in [0.15, 0.2) is 0 Å². The number of ether oxygens (including phenoxy) is 1. The molecule has 0 rings (SSSR count). The van der Waals surface area contributed by atoms with Gasteiger partial charge in [-0.15, -0.1) is 0 Å². The van der Waals surface area contributed by atoms with E-state index in [0.717, 1.165) is 6.08 Å². The molecule has 3 heteroatoms. The van der Waals surface area contributed by atoms with Crippen molar-refractivity contribution in [2.75, 3.05) is 7.11 Å². The zero-order valence-corrected chi connectivity index (χ0v) is 7.19. The van der Waals surface area contributed by atoms with Crippen LogP contribution in [0.15, 0.2) is 36.2 Å². The second-order valence-electron chi connectivity index (χ2n) is 2.29. The van der Waals surface area contributed by atoms with Crippen LogP contribution in [0.5, 0.6) is 0 Å². The summed E-state index contributed by atoms with van der Waals surface area (Å²) in [6.07, 6.45) is 0.994. The highest BCUT2D eigenvalue weighted by Crippen LogP contribution is 2.11. The van der Waals surface area contributed by atoms with E-state index in [1.165, 1.54) is 14.0 Å². The normalized spacial score (nSPS) is 10.8. The van der Waals surface area contributed by atoms with Crippen LogP contribution >= 0.6 is 0 Å². The molecule has 0 aliphatic heterocycles. The minimum absolute atomic E-state index is 0.0296. The lowest BCUT2D eigenvalue weighted by Gasteiger charge is -1.97. The van der Waals surface area contributed by atoms with Gasteiger partial charge in [-0.25, -0.2) is 9.18 Å². The van der Waals surface area contributed by atoms with Crippen LogP contribution in [-0.4, -0.2) is 13.1 Å². The molecule has 0 radical (unpaired) electrons. The maximum absolute atomic E-state index is 12.8. The molecule has 0 aliphatic carbocycles. The van der Waals surface area contributed by atoms with E-state index in [4.69, 9.17) is 0 Å². The molecule has 12 heavy (non-hydrogen) atoms. The predicted molar refractivity (Wildman–Crippen MR) is 45.2 cm³/mol. The Hall–Kier alpha value is -1.38. The van der Waals surface area contributed by atoms with Crippen LogP contribution in [0.1, 0.15) is 6.92 Å². The van der Waals surface area contributed by atoms with Crippen molar-refractivity contribution in [1.29, 1.82) is 0 Å². The van der Waals surface area contributed by atoms with Crippen molar-refractivity contribution in [2.24, 2.45) is 0 Å². The van der Waals surface area contributed by atoms with Gasteiger partial charge in [-0.2, -0.15) is 0 Å². The second kappa shape index (κ2) is 4.49. The molecule has 0 saturated carbocycles. The Morgan fingerprint density at radius 2 is 2.00 bits per heavy atom. The number of hydrogen-bond acceptors (Lipinski definition) is 2. The first kappa shape index (κ1) is 10.6. The fourth-order valence-corrected chi connectivity index (χ4v) is 0.466. The van der Waals surface area contributed by atoms with Gasteiger partial charge >= 0.3 is 5.97 Å². The lowest BCUT2D eigenvalue weighted by atomic mass is 10.2. The van der Waals surface area contributed by atoms with Crippen molar-refractivity contribution < 1.29 is 13.9 Å². The molecule has 66 valence electrons. The minimum atomic E-state index is -0.647. The quantitative estimate of drug-likeness (QED) is 0.368. The summed E-state index contributed by atoms with van der Waals surface area (Å²) in [7, 11) is 1.21. The molecule has 0 aliphatic rings. The SMILES string of the molecule is C=C(/C=C(/F)C(=C)C)C(=O)OC. The van der Waals surface area contributed by atoms with Crippen molar-refractivity contribution in [2.45, 2.75) is 6.92 Å². The number of carbonyl (C=O) groups excluding carboxylic acids is 1. The van der Waals surface area contributed by atoms with E-state index in [1.54, 1.807) is 0 Å². The first-order valence-corrected chi connectivity index (χ1v) is 3.29. The molecule has 0 aromatic heterocycles. The summed E-state index contributed by atoms with van der Waals surface area (Å²) < 4.78 is 17.1. The fourth-order valence-electron chi connectivity index (χ4n) is 0.466. The zero-order chi connectivity index (χ0) is 9.72. The summed E-state index contributed by atoms with van der Waals surface area (Å²) in [6.45, 7) is 8.17. The Labute approximate surface area is 71.0 Å². The Kier molecular flexibility index (Phi) is 3.97. The monoisotopic (exact) mass is 170 g/mol. The Morgan fingerprint density at radius 1 is 1.50 bits per heavy atom. The predicted octanol–water partition coefficient (Wildman–Crippen LogP) is 2.15. The molecule has 0 amide bonds. The fraction of sp³-hybridized carbons (Fsp3) is 0.222. The molecule has 0 spiro atoms. The van der Waals surface area contributed by atoms with Gasteiger partial charge in [0.05, 0.1) is 12.7 Å². The third-order valence-electron chi connectivity index (χ3n) is 1.16. The van der Waals surface area contributed by atoms with Gasteiger partial charge in [0.25, 0.3) is 0 Å². The van der Waals surface area contributed by atoms with Gasteiger partial charge in [0, 0.05) is 0 Å². The summed E-state index contributed by atoms with van der Waals surface area (Å²) >= 11 is 0. The van der Waals surface area contributed by atoms with E-state index in [-0.39, 0.29) is 11.1 Å². The maximum atomic E-state index is 12.8. The molecular formula is C9H11FO2. The van der Waals surface area contributed by atoms with Gasteiger partial charge in [-0.05, 0) is 18.6 Å². The molecule has 0 atom stereocenters.